The summed E-state index contributed by atoms with van der Waals surface area (Å²) in [6.45, 7) is 5.26. The molecular weight excluding hydrogens is 258 g/mol. The summed E-state index contributed by atoms with van der Waals surface area (Å²) in [5.74, 6) is 0. The molecule has 0 aliphatic heterocycles. The molecule has 4 nitrogen and oxygen atoms in total. The Bertz CT molecular complexity index is 412. The van der Waals surface area contributed by atoms with Crippen molar-refractivity contribution in [3.63, 3.8) is 0 Å². The number of nitrogens with zero attached hydrogens (tertiary/aromatic N) is 3. The number of halogens is 1. The minimum absolute atomic E-state index is 0.171. The van der Waals surface area contributed by atoms with Crippen LogP contribution in [0.3, 0.4) is 0 Å². The SMILES string of the molecule is Cc1nc(=O)n(CCN(C)C)c(C)c1Br. The Morgan fingerprint density at radius 2 is 2.00 bits per heavy atom. The Morgan fingerprint density at radius 1 is 1.40 bits per heavy atom. The highest BCUT2D eigenvalue weighted by Gasteiger charge is 2.08. The van der Waals surface area contributed by atoms with Gasteiger partial charge in [0.2, 0.25) is 0 Å². The molecule has 0 spiro atoms. The summed E-state index contributed by atoms with van der Waals surface area (Å²) < 4.78 is 2.61. The average molecular weight is 274 g/mol. The van der Waals surface area contributed by atoms with E-state index < -0.39 is 0 Å². The van der Waals surface area contributed by atoms with E-state index >= 15 is 0 Å². The van der Waals surface area contributed by atoms with Crippen LogP contribution >= 0.6 is 15.9 Å². The molecule has 1 aromatic rings. The van der Waals surface area contributed by atoms with E-state index in [1.807, 2.05) is 32.8 Å². The lowest BCUT2D eigenvalue weighted by Gasteiger charge is -2.14. The molecular formula is C10H16BrN3O. The van der Waals surface area contributed by atoms with Gasteiger partial charge in [-0.25, -0.2) is 4.79 Å². The smallest absolute Gasteiger partial charge is 0.308 e. The van der Waals surface area contributed by atoms with Gasteiger partial charge in [-0.05, 0) is 43.9 Å². The lowest BCUT2D eigenvalue weighted by molar-refractivity contribution is 0.376. The van der Waals surface area contributed by atoms with E-state index in [4.69, 9.17) is 0 Å². The molecule has 0 fully saturated rings. The highest BCUT2D eigenvalue weighted by atomic mass is 79.9. The minimum Gasteiger partial charge on any atom is -0.308 e. The van der Waals surface area contributed by atoms with Gasteiger partial charge in [-0.15, -0.1) is 0 Å². The van der Waals surface area contributed by atoms with Crippen molar-refractivity contribution >= 4 is 15.9 Å². The molecule has 0 aromatic carbocycles. The van der Waals surface area contributed by atoms with E-state index in [0.29, 0.717) is 6.54 Å². The molecule has 5 heteroatoms. The van der Waals surface area contributed by atoms with Crippen molar-refractivity contribution in [3.05, 3.63) is 26.3 Å². The summed E-state index contributed by atoms with van der Waals surface area (Å²) in [4.78, 5) is 17.6. The second kappa shape index (κ2) is 4.90. The Balaban J connectivity index is 3.07. The van der Waals surface area contributed by atoms with Gasteiger partial charge in [0.1, 0.15) is 0 Å². The van der Waals surface area contributed by atoms with Crippen molar-refractivity contribution in [1.82, 2.24) is 14.5 Å². The zero-order valence-corrected chi connectivity index (χ0v) is 11.1. The van der Waals surface area contributed by atoms with Crippen molar-refractivity contribution in [2.45, 2.75) is 20.4 Å². The second-order valence-corrected chi connectivity index (χ2v) is 4.63. The van der Waals surface area contributed by atoms with Gasteiger partial charge in [-0.1, -0.05) is 0 Å². The molecule has 0 radical (unpaired) electrons. The number of aryl methyl sites for hydroxylation is 1. The average Bonchev–Trinajstić information content (AvgIpc) is 2.14. The summed E-state index contributed by atoms with van der Waals surface area (Å²) in [5, 5.41) is 0. The first kappa shape index (κ1) is 12.4. The number of hydrogen-bond donors (Lipinski definition) is 0. The molecule has 0 aliphatic rings. The molecule has 0 unspecified atom stereocenters. The summed E-state index contributed by atoms with van der Waals surface area (Å²) in [5.41, 5.74) is 1.52. The molecule has 0 bridgehead atoms. The van der Waals surface area contributed by atoms with Crippen LogP contribution in [-0.2, 0) is 6.54 Å². The number of rotatable bonds is 3. The van der Waals surface area contributed by atoms with Gasteiger partial charge in [0.25, 0.3) is 0 Å². The molecule has 0 aliphatic carbocycles. The van der Waals surface area contributed by atoms with Crippen LogP contribution < -0.4 is 5.69 Å². The largest absolute Gasteiger partial charge is 0.348 e. The standard InChI is InChI=1S/C10H16BrN3O/c1-7-9(11)8(2)14(10(15)12-7)6-5-13(3)4/h5-6H2,1-4H3. The van der Waals surface area contributed by atoms with Gasteiger partial charge in [-0.2, -0.15) is 4.98 Å². The van der Waals surface area contributed by atoms with Crippen molar-refractivity contribution in [2.75, 3.05) is 20.6 Å². The van der Waals surface area contributed by atoms with Crippen LogP contribution in [0, 0.1) is 13.8 Å². The summed E-state index contributed by atoms with van der Waals surface area (Å²) in [7, 11) is 3.97. The first-order valence-electron chi connectivity index (χ1n) is 4.81. The van der Waals surface area contributed by atoms with Crippen molar-refractivity contribution < 1.29 is 0 Å². The molecule has 0 N–H and O–H groups in total. The van der Waals surface area contributed by atoms with Gasteiger partial charge in [-0.3, -0.25) is 4.57 Å². The van der Waals surface area contributed by atoms with Crippen LogP contribution in [0.5, 0.6) is 0 Å². The van der Waals surface area contributed by atoms with Gasteiger partial charge >= 0.3 is 5.69 Å². The van der Waals surface area contributed by atoms with Crippen LogP contribution in [0.1, 0.15) is 11.4 Å². The van der Waals surface area contributed by atoms with Gasteiger partial charge in [0.15, 0.2) is 0 Å². The number of hydrogen-bond acceptors (Lipinski definition) is 3. The quantitative estimate of drug-likeness (QED) is 0.830. The molecule has 0 saturated heterocycles. The van der Waals surface area contributed by atoms with Gasteiger partial charge in [0.05, 0.1) is 10.2 Å². The van der Waals surface area contributed by atoms with E-state index in [9.17, 15) is 4.79 Å². The topological polar surface area (TPSA) is 38.1 Å². The molecule has 0 atom stereocenters. The fourth-order valence-electron chi connectivity index (χ4n) is 1.34. The maximum absolute atomic E-state index is 11.6. The highest BCUT2D eigenvalue weighted by molar-refractivity contribution is 9.10. The van der Waals surface area contributed by atoms with E-state index in [0.717, 1.165) is 22.4 Å². The first-order valence-corrected chi connectivity index (χ1v) is 5.61. The van der Waals surface area contributed by atoms with Crippen molar-refractivity contribution in [3.8, 4) is 0 Å². The third-order valence-corrected chi connectivity index (χ3v) is 3.45. The molecule has 1 rings (SSSR count). The van der Waals surface area contributed by atoms with Crippen LogP contribution in [0.2, 0.25) is 0 Å². The van der Waals surface area contributed by atoms with Crippen molar-refractivity contribution in [1.29, 1.82) is 0 Å². The highest BCUT2D eigenvalue weighted by Crippen LogP contribution is 2.16. The fraction of sp³-hybridized carbons (Fsp3) is 0.600. The minimum atomic E-state index is -0.171. The first-order chi connectivity index (χ1) is 6.93. The predicted molar refractivity (Wildman–Crippen MR) is 64.2 cm³/mol. The van der Waals surface area contributed by atoms with Gasteiger partial charge in [0, 0.05) is 18.8 Å². The summed E-state index contributed by atoms with van der Waals surface area (Å²) >= 11 is 3.44. The molecule has 15 heavy (non-hydrogen) atoms. The molecule has 0 saturated carbocycles. The maximum atomic E-state index is 11.6. The zero-order chi connectivity index (χ0) is 11.6. The fourth-order valence-corrected chi connectivity index (χ4v) is 1.64. The lowest BCUT2D eigenvalue weighted by atomic mass is 10.3. The number of likely N-dealkylation sites (N-methyl/N-ethyl adjacent to an activating group) is 1. The van der Waals surface area contributed by atoms with E-state index in [1.165, 1.54) is 0 Å². The third-order valence-electron chi connectivity index (χ3n) is 2.31. The second-order valence-electron chi connectivity index (χ2n) is 3.83. The maximum Gasteiger partial charge on any atom is 0.348 e. The Hall–Kier alpha value is -0.680. The molecule has 0 amide bonds. The van der Waals surface area contributed by atoms with E-state index in [-0.39, 0.29) is 5.69 Å². The summed E-state index contributed by atoms with van der Waals surface area (Å²) in [6, 6.07) is 0. The monoisotopic (exact) mass is 273 g/mol. The lowest BCUT2D eigenvalue weighted by Crippen LogP contribution is -2.30. The Kier molecular flexibility index (Phi) is 4.04. The summed E-state index contributed by atoms with van der Waals surface area (Å²) in [6.07, 6.45) is 0. The third kappa shape index (κ3) is 2.89. The number of aromatic nitrogens is 2. The molecule has 1 aromatic heterocycles. The van der Waals surface area contributed by atoms with Crippen molar-refractivity contribution in [2.24, 2.45) is 0 Å². The van der Waals surface area contributed by atoms with E-state index in [1.54, 1.807) is 4.57 Å². The Labute approximate surface area is 98.1 Å². The molecule has 84 valence electrons. The van der Waals surface area contributed by atoms with Crippen LogP contribution in [-0.4, -0.2) is 35.1 Å². The van der Waals surface area contributed by atoms with Crippen LogP contribution in [0.25, 0.3) is 0 Å². The Morgan fingerprint density at radius 3 is 2.53 bits per heavy atom. The predicted octanol–water partition coefficient (Wildman–Crippen LogP) is 1.18. The van der Waals surface area contributed by atoms with Gasteiger partial charge < -0.3 is 4.90 Å². The molecule has 1 heterocycles. The van der Waals surface area contributed by atoms with Crippen LogP contribution in [0.15, 0.2) is 9.27 Å². The van der Waals surface area contributed by atoms with Crippen LogP contribution in [0.4, 0.5) is 0 Å². The zero-order valence-electron chi connectivity index (χ0n) is 9.54. The normalized spacial score (nSPS) is 11.1. The van der Waals surface area contributed by atoms with E-state index in [2.05, 4.69) is 20.9 Å².